The Bertz CT molecular complexity index is 595. The molecule has 1 aliphatic heterocycles. The van der Waals surface area contributed by atoms with Crippen LogP contribution >= 0.6 is 0 Å². The lowest BCUT2D eigenvalue weighted by molar-refractivity contribution is 0.0932. The van der Waals surface area contributed by atoms with E-state index < -0.39 is 0 Å². The Hall–Kier alpha value is -1.94. The van der Waals surface area contributed by atoms with Crippen LogP contribution < -0.4 is 0 Å². The predicted molar refractivity (Wildman–Crippen MR) is 63.7 cm³/mol. The molecule has 0 saturated heterocycles. The standard InChI is InChI=1S/C14H12FNO2/c1-8-13(17)12-7-18-14(11(12)6-16-8)9-2-4-10(15)5-3-9/h2-6,14,17H,7H2,1H3/t14-/m0/s1. The fourth-order valence-electron chi connectivity index (χ4n) is 2.21. The van der Waals surface area contributed by atoms with Gasteiger partial charge in [-0.3, -0.25) is 4.98 Å². The van der Waals surface area contributed by atoms with Crippen molar-refractivity contribution in [1.82, 2.24) is 4.98 Å². The van der Waals surface area contributed by atoms with Crippen molar-refractivity contribution in [1.29, 1.82) is 0 Å². The molecule has 1 aliphatic rings. The summed E-state index contributed by atoms with van der Waals surface area (Å²) >= 11 is 0. The Balaban J connectivity index is 2.05. The van der Waals surface area contributed by atoms with Crippen LogP contribution in [0.25, 0.3) is 0 Å². The van der Waals surface area contributed by atoms with Gasteiger partial charge in [0.25, 0.3) is 0 Å². The second kappa shape index (κ2) is 4.07. The monoisotopic (exact) mass is 245 g/mol. The van der Waals surface area contributed by atoms with Gasteiger partial charge >= 0.3 is 0 Å². The molecule has 2 aromatic rings. The van der Waals surface area contributed by atoms with Crippen LogP contribution in [0.15, 0.2) is 30.5 Å². The van der Waals surface area contributed by atoms with Gasteiger partial charge in [-0.15, -0.1) is 0 Å². The van der Waals surface area contributed by atoms with E-state index in [9.17, 15) is 9.50 Å². The highest BCUT2D eigenvalue weighted by Gasteiger charge is 2.28. The summed E-state index contributed by atoms with van der Waals surface area (Å²) in [5.74, 6) is -0.0843. The van der Waals surface area contributed by atoms with Crippen LogP contribution in [0.2, 0.25) is 0 Å². The molecule has 0 radical (unpaired) electrons. The van der Waals surface area contributed by atoms with Gasteiger partial charge in [0.15, 0.2) is 0 Å². The first-order chi connectivity index (χ1) is 8.66. The van der Waals surface area contributed by atoms with E-state index in [1.807, 2.05) is 0 Å². The molecule has 2 heterocycles. The van der Waals surface area contributed by atoms with E-state index in [0.29, 0.717) is 12.3 Å². The van der Waals surface area contributed by atoms with Crippen molar-refractivity contribution in [2.75, 3.05) is 0 Å². The number of nitrogens with zero attached hydrogens (tertiary/aromatic N) is 1. The van der Waals surface area contributed by atoms with Crippen molar-refractivity contribution >= 4 is 0 Å². The van der Waals surface area contributed by atoms with E-state index in [4.69, 9.17) is 4.74 Å². The van der Waals surface area contributed by atoms with Crippen LogP contribution in [0.5, 0.6) is 5.75 Å². The van der Waals surface area contributed by atoms with E-state index in [0.717, 1.165) is 16.7 Å². The van der Waals surface area contributed by atoms with Crippen LogP contribution in [0, 0.1) is 12.7 Å². The average Bonchev–Trinajstić information content (AvgIpc) is 2.79. The van der Waals surface area contributed by atoms with Gasteiger partial charge in [-0.25, -0.2) is 4.39 Å². The highest BCUT2D eigenvalue weighted by Crippen LogP contribution is 2.40. The van der Waals surface area contributed by atoms with Crippen molar-refractivity contribution in [2.45, 2.75) is 19.6 Å². The fourth-order valence-corrected chi connectivity index (χ4v) is 2.21. The third-order valence-electron chi connectivity index (χ3n) is 3.22. The second-order valence-electron chi connectivity index (χ2n) is 4.37. The minimum absolute atomic E-state index is 0.192. The van der Waals surface area contributed by atoms with Crippen molar-refractivity contribution in [3.8, 4) is 5.75 Å². The van der Waals surface area contributed by atoms with Gasteiger partial charge < -0.3 is 9.84 Å². The summed E-state index contributed by atoms with van der Waals surface area (Å²) in [5, 5.41) is 9.92. The first-order valence-electron chi connectivity index (χ1n) is 5.71. The van der Waals surface area contributed by atoms with Gasteiger partial charge in [-0.1, -0.05) is 12.1 Å². The van der Waals surface area contributed by atoms with Crippen LogP contribution in [0.3, 0.4) is 0 Å². The maximum atomic E-state index is 12.9. The Morgan fingerprint density at radius 2 is 2.06 bits per heavy atom. The maximum Gasteiger partial charge on any atom is 0.142 e. The quantitative estimate of drug-likeness (QED) is 0.840. The van der Waals surface area contributed by atoms with Crippen LogP contribution in [-0.4, -0.2) is 10.1 Å². The molecule has 1 aromatic heterocycles. The van der Waals surface area contributed by atoms with Gasteiger partial charge in [0.1, 0.15) is 17.7 Å². The summed E-state index contributed by atoms with van der Waals surface area (Å²) in [7, 11) is 0. The van der Waals surface area contributed by atoms with E-state index >= 15 is 0 Å². The number of benzene rings is 1. The number of aryl methyl sites for hydroxylation is 1. The summed E-state index contributed by atoms with van der Waals surface area (Å²) in [6, 6.07) is 6.17. The van der Waals surface area contributed by atoms with E-state index in [1.165, 1.54) is 12.1 Å². The van der Waals surface area contributed by atoms with Gasteiger partial charge in [-0.2, -0.15) is 0 Å². The first-order valence-corrected chi connectivity index (χ1v) is 5.71. The van der Waals surface area contributed by atoms with Gasteiger partial charge in [0.05, 0.1) is 12.3 Å². The summed E-state index contributed by atoms with van der Waals surface area (Å²) in [5.41, 5.74) is 3.08. The van der Waals surface area contributed by atoms with Gasteiger partial charge in [-0.05, 0) is 24.6 Å². The molecule has 0 bridgehead atoms. The lowest BCUT2D eigenvalue weighted by Gasteiger charge is -2.11. The molecular formula is C14H12FNO2. The zero-order valence-electron chi connectivity index (χ0n) is 9.85. The number of aromatic hydroxyl groups is 1. The molecular weight excluding hydrogens is 233 g/mol. The highest BCUT2D eigenvalue weighted by molar-refractivity contribution is 5.46. The van der Waals surface area contributed by atoms with Crippen LogP contribution in [0.1, 0.15) is 28.5 Å². The fraction of sp³-hybridized carbons (Fsp3) is 0.214. The average molecular weight is 245 g/mol. The molecule has 0 amide bonds. The molecule has 1 aromatic carbocycles. The number of ether oxygens (including phenoxy) is 1. The summed E-state index contributed by atoms with van der Waals surface area (Å²) in [6.45, 7) is 2.10. The van der Waals surface area contributed by atoms with Crippen LogP contribution in [0.4, 0.5) is 4.39 Å². The largest absolute Gasteiger partial charge is 0.506 e. The van der Waals surface area contributed by atoms with Gasteiger partial charge in [0.2, 0.25) is 0 Å². The summed E-state index contributed by atoms with van der Waals surface area (Å²) < 4.78 is 18.6. The Kier molecular flexibility index (Phi) is 2.52. The number of halogens is 1. The molecule has 92 valence electrons. The minimum atomic E-state index is -0.278. The predicted octanol–water partition coefficient (Wildman–Crippen LogP) is 2.85. The molecule has 4 heteroatoms. The summed E-state index contributed by atoms with van der Waals surface area (Å²) in [6.07, 6.45) is 1.44. The summed E-state index contributed by atoms with van der Waals surface area (Å²) in [4.78, 5) is 4.14. The van der Waals surface area contributed by atoms with Gasteiger partial charge in [0, 0.05) is 17.3 Å². The molecule has 0 saturated carbocycles. The maximum absolute atomic E-state index is 12.9. The Morgan fingerprint density at radius 1 is 1.33 bits per heavy atom. The molecule has 18 heavy (non-hydrogen) atoms. The zero-order valence-corrected chi connectivity index (χ0v) is 9.85. The number of rotatable bonds is 1. The topological polar surface area (TPSA) is 42.4 Å². The zero-order chi connectivity index (χ0) is 12.7. The third-order valence-corrected chi connectivity index (χ3v) is 3.22. The number of hydrogen-bond acceptors (Lipinski definition) is 3. The second-order valence-corrected chi connectivity index (χ2v) is 4.37. The molecule has 1 atom stereocenters. The lowest BCUT2D eigenvalue weighted by Crippen LogP contribution is -1.99. The highest BCUT2D eigenvalue weighted by atomic mass is 19.1. The molecule has 3 nitrogen and oxygen atoms in total. The third kappa shape index (κ3) is 1.66. The molecule has 0 fully saturated rings. The van der Waals surface area contributed by atoms with E-state index in [1.54, 1.807) is 25.3 Å². The SMILES string of the molecule is Cc1ncc2c(c1O)CO[C@H]2c1ccc(F)cc1. The van der Waals surface area contributed by atoms with E-state index in [2.05, 4.69) is 4.98 Å². The first kappa shape index (κ1) is 11.2. The minimum Gasteiger partial charge on any atom is -0.506 e. The normalized spacial score (nSPS) is 17.8. The molecule has 0 aliphatic carbocycles. The molecule has 0 unspecified atom stereocenters. The molecule has 3 rings (SSSR count). The Morgan fingerprint density at radius 3 is 2.78 bits per heavy atom. The number of pyridine rings is 1. The van der Waals surface area contributed by atoms with Crippen molar-refractivity contribution < 1.29 is 14.2 Å². The Labute approximate surface area is 104 Å². The number of aromatic nitrogens is 1. The molecule has 1 N–H and O–H groups in total. The lowest BCUT2D eigenvalue weighted by atomic mass is 10.0. The smallest absolute Gasteiger partial charge is 0.142 e. The van der Waals surface area contributed by atoms with Crippen LogP contribution in [-0.2, 0) is 11.3 Å². The van der Waals surface area contributed by atoms with Crippen molar-refractivity contribution in [2.24, 2.45) is 0 Å². The molecule has 0 spiro atoms. The van der Waals surface area contributed by atoms with Crippen molar-refractivity contribution in [3.05, 3.63) is 58.7 Å². The number of hydrogen-bond donors (Lipinski definition) is 1. The number of fused-ring (bicyclic) bond motifs is 1. The van der Waals surface area contributed by atoms with Crippen molar-refractivity contribution in [3.63, 3.8) is 0 Å². The van der Waals surface area contributed by atoms with E-state index in [-0.39, 0.29) is 17.7 Å².